The lowest BCUT2D eigenvalue weighted by Crippen LogP contribution is -2.33. The van der Waals surface area contributed by atoms with Gasteiger partial charge in [-0.1, -0.05) is 12.1 Å². The van der Waals surface area contributed by atoms with E-state index in [4.69, 9.17) is 14.1 Å². The third-order valence-electron chi connectivity index (χ3n) is 4.67. The SMILES string of the molecule is COC(=O)C1=C(C)N(N=O)C(C)=C(C(=O)OC(C)C)C1c1cccc2nonc12. The molecule has 1 aromatic carbocycles. The quantitative estimate of drug-likeness (QED) is 0.550. The van der Waals surface area contributed by atoms with Crippen LogP contribution in [0.15, 0.2) is 50.7 Å². The zero-order chi connectivity index (χ0) is 21.3. The summed E-state index contributed by atoms with van der Waals surface area (Å²) >= 11 is 0. The van der Waals surface area contributed by atoms with E-state index in [2.05, 4.69) is 15.6 Å². The van der Waals surface area contributed by atoms with Crippen molar-refractivity contribution >= 4 is 23.0 Å². The lowest BCUT2D eigenvalue weighted by Gasteiger charge is -2.33. The van der Waals surface area contributed by atoms with Gasteiger partial charge in [0.15, 0.2) is 0 Å². The van der Waals surface area contributed by atoms with Crippen LogP contribution in [-0.2, 0) is 19.1 Å². The molecular weight excluding hydrogens is 380 g/mol. The first kappa shape index (κ1) is 20.2. The molecule has 2 aromatic rings. The molecule has 0 bridgehead atoms. The maximum absolute atomic E-state index is 13.0. The number of hydrogen-bond acceptors (Lipinski definition) is 9. The monoisotopic (exact) mass is 400 g/mol. The van der Waals surface area contributed by atoms with Gasteiger partial charge in [-0.25, -0.2) is 19.2 Å². The maximum atomic E-state index is 13.0. The molecule has 2 heterocycles. The molecule has 152 valence electrons. The molecule has 3 rings (SSSR count). The lowest BCUT2D eigenvalue weighted by atomic mass is 9.79. The Labute approximate surface area is 166 Å². The van der Waals surface area contributed by atoms with Crippen molar-refractivity contribution in [2.75, 3.05) is 7.11 Å². The number of esters is 2. The van der Waals surface area contributed by atoms with Crippen molar-refractivity contribution in [2.45, 2.75) is 39.7 Å². The average molecular weight is 400 g/mol. The summed E-state index contributed by atoms with van der Waals surface area (Å²) in [4.78, 5) is 37.2. The summed E-state index contributed by atoms with van der Waals surface area (Å²) in [5.74, 6) is -2.31. The molecule has 10 heteroatoms. The number of fused-ring (bicyclic) bond motifs is 1. The van der Waals surface area contributed by atoms with Gasteiger partial charge in [-0.15, -0.1) is 4.91 Å². The Balaban J connectivity index is 2.34. The van der Waals surface area contributed by atoms with E-state index in [1.165, 1.54) is 7.11 Å². The Morgan fingerprint density at radius 1 is 1.14 bits per heavy atom. The topological polar surface area (TPSA) is 124 Å². The average Bonchev–Trinajstić information content (AvgIpc) is 3.15. The van der Waals surface area contributed by atoms with Crippen LogP contribution in [0.2, 0.25) is 0 Å². The molecule has 1 aromatic heterocycles. The van der Waals surface area contributed by atoms with Gasteiger partial charge in [-0.2, -0.15) is 0 Å². The zero-order valence-electron chi connectivity index (χ0n) is 16.6. The van der Waals surface area contributed by atoms with Crippen LogP contribution in [-0.4, -0.2) is 40.5 Å². The van der Waals surface area contributed by atoms with Crippen LogP contribution >= 0.6 is 0 Å². The van der Waals surface area contributed by atoms with Gasteiger partial charge in [0.1, 0.15) is 11.0 Å². The molecule has 0 saturated carbocycles. The molecule has 0 spiro atoms. The molecule has 1 unspecified atom stereocenters. The fourth-order valence-corrected chi connectivity index (χ4v) is 3.45. The van der Waals surface area contributed by atoms with Crippen molar-refractivity contribution in [3.05, 3.63) is 51.2 Å². The molecule has 10 nitrogen and oxygen atoms in total. The minimum Gasteiger partial charge on any atom is -0.466 e. The number of benzene rings is 1. The maximum Gasteiger partial charge on any atom is 0.337 e. The first-order valence-electron chi connectivity index (χ1n) is 8.87. The molecule has 29 heavy (non-hydrogen) atoms. The number of carbonyl (C=O) groups excluding carboxylic acids is 2. The van der Waals surface area contributed by atoms with E-state index in [1.807, 2.05) is 0 Å². The smallest absolute Gasteiger partial charge is 0.337 e. The third kappa shape index (κ3) is 3.37. The summed E-state index contributed by atoms with van der Waals surface area (Å²) < 4.78 is 15.2. The summed E-state index contributed by atoms with van der Waals surface area (Å²) in [6.45, 7) is 6.51. The van der Waals surface area contributed by atoms with Gasteiger partial charge in [0.2, 0.25) is 0 Å². The van der Waals surface area contributed by atoms with Crippen molar-refractivity contribution in [1.82, 2.24) is 15.3 Å². The van der Waals surface area contributed by atoms with Crippen LogP contribution < -0.4 is 0 Å². The number of carbonyl (C=O) groups is 2. The van der Waals surface area contributed by atoms with Crippen molar-refractivity contribution in [3.63, 3.8) is 0 Å². The first-order valence-corrected chi connectivity index (χ1v) is 8.87. The van der Waals surface area contributed by atoms with Gasteiger partial charge >= 0.3 is 11.9 Å². The second-order valence-corrected chi connectivity index (χ2v) is 6.75. The van der Waals surface area contributed by atoms with Crippen molar-refractivity contribution in [2.24, 2.45) is 5.29 Å². The number of aromatic nitrogens is 2. The standard InChI is InChI=1S/C19H20N4O6/c1-9(2)28-19(25)15-11(4)23(22-26)10(3)14(18(24)27-5)16(15)12-7-6-8-13-17(12)21-29-20-13/h6-9,16H,1-5H3. The molecule has 0 aliphatic carbocycles. The molecule has 0 amide bonds. The van der Waals surface area contributed by atoms with Crippen LogP contribution in [0.4, 0.5) is 0 Å². The first-order chi connectivity index (χ1) is 13.8. The van der Waals surface area contributed by atoms with Gasteiger partial charge in [-0.3, -0.25) is 0 Å². The predicted molar refractivity (Wildman–Crippen MR) is 101 cm³/mol. The van der Waals surface area contributed by atoms with Crippen LogP contribution in [0, 0.1) is 4.91 Å². The summed E-state index contributed by atoms with van der Waals surface area (Å²) in [6, 6.07) is 5.10. The predicted octanol–water partition coefficient (Wildman–Crippen LogP) is 2.98. The molecule has 0 fully saturated rings. The highest BCUT2D eigenvalue weighted by Gasteiger charge is 2.42. The molecule has 1 aliphatic rings. The molecule has 1 aliphatic heterocycles. The van der Waals surface area contributed by atoms with Gasteiger partial charge < -0.3 is 9.47 Å². The number of rotatable bonds is 5. The molecular formula is C19H20N4O6. The minimum absolute atomic E-state index is 0.0731. The Morgan fingerprint density at radius 2 is 1.79 bits per heavy atom. The highest BCUT2D eigenvalue weighted by atomic mass is 16.6. The number of ether oxygens (including phenoxy) is 2. The van der Waals surface area contributed by atoms with Gasteiger partial charge in [0, 0.05) is 0 Å². The fourth-order valence-electron chi connectivity index (χ4n) is 3.45. The lowest BCUT2D eigenvalue weighted by molar-refractivity contribution is -0.143. The van der Waals surface area contributed by atoms with Crippen LogP contribution in [0.1, 0.15) is 39.2 Å². The number of nitroso groups, excluding NO2 is 1. The van der Waals surface area contributed by atoms with E-state index in [0.29, 0.717) is 16.6 Å². The zero-order valence-corrected chi connectivity index (χ0v) is 16.6. The van der Waals surface area contributed by atoms with E-state index in [1.54, 1.807) is 45.9 Å². The van der Waals surface area contributed by atoms with E-state index >= 15 is 0 Å². The Hall–Kier alpha value is -3.56. The van der Waals surface area contributed by atoms with Crippen LogP contribution in [0.25, 0.3) is 11.0 Å². The molecule has 0 N–H and O–H groups in total. The van der Waals surface area contributed by atoms with E-state index in [-0.39, 0.29) is 22.5 Å². The van der Waals surface area contributed by atoms with Crippen LogP contribution in [0.3, 0.4) is 0 Å². The highest BCUT2D eigenvalue weighted by Crippen LogP contribution is 2.44. The fraction of sp³-hybridized carbons (Fsp3) is 0.368. The van der Waals surface area contributed by atoms with Crippen molar-refractivity contribution in [1.29, 1.82) is 0 Å². The molecule has 0 saturated heterocycles. The summed E-state index contributed by atoms with van der Waals surface area (Å²) in [7, 11) is 1.22. The van der Waals surface area contributed by atoms with E-state index in [0.717, 1.165) is 5.01 Å². The number of methoxy groups -OCH3 is 1. The number of hydrogen-bond donors (Lipinski definition) is 0. The Kier molecular flexibility index (Phi) is 5.44. The minimum atomic E-state index is -0.915. The van der Waals surface area contributed by atoms with Crippen molar-refractivity contribution < 1.29 is 23.7 Å². The highest BCUT2D eigenvalue weighted by molar-refractivity contribution is 6.01. The Morgan fingerprint density at radius 3 is 2.38 bits per heavy atom. The molecule has 1 atom stereocenters. The second kappa shape index (κ2) is 7.82. The third-order valence-corrected chi connectivity index (χ3v) is 4.67. The van der Waals surface area contributed by atoms with Gasteiger partial charge in [0.05, 0.1) is 47.0 Å². The number of nitrogens with zero attached hydrogens (tertiary/aromatic N) is 4. The van der Waals surface area contributed by atoms with Gasteiger partial charge in [0.25, 0.3) is 0 Å². The van der Waals surface area contributed by atoms with E-state index in [9.17, 15) is 14.5 Å². The largest absolute Gasteiger partial charge is 0.466 e. The Bertz CT molecular complexity index is 1050. The normalized spacial score (nSPS) is 17.2. The molecule has 0 radical (unpaired) electrons. The summed E-state index contributed by atoms with van der Waals surface area (Å²) in [5.41, 5.74) is 1.96. The van der Waals surface area contributed by atoms with E-state index < -0.39 is 24.0 Å². The van der Waals surface area contributed by atoms with Crippen LogP contribution in [0.5, 0.6) is 0 Å². The van der Waals surface area contributed by atoms with Crippen molar-refractivity contribution in [3.8, 4) is 0 Å². The summed E-state index contributed by atoms with van der Waals surface area (Å²) in [6.07, 6.45) is -0.417. The number of allylic oxidation sites excluding steroid dienone is 2. The second-order valence-electron chi connectivity index (χ2n) is 6.75. The summed E-state index contributed by atoms with van der Waals surface area (Å²) in [5, 5.41) is 11.7. The van der Waals surface area contributed by atoms with Gasteiger partial charge in [-0.05, 0) is 49.6 Å².